The third-order valence-electron chi connectivity index (χ3n) is 4.19. The Morgan fingerprint density at radius 3 is 2.86 bits per heavy atom. The van der Waals surface area contributed by atoms with Crippen molar-refractivity contribution in [2.24, 2.45) is 5.41 Å². The zero-order valence-corrected chi connectivity index (χ0v) is 13.6. The minimum absolute atomic E-state index is 0.217. The smallest absolute Gasteiger partial charge is 0.160 e. The molecule has 6 heteroatoms. The van der Waals surface area contributed by atoms with Crippen LogP contribution >= 0.6 is 23.2 Å². The molecule has 0 amide bonds. The number of halogens is 2. The molecule has 0 saturated carbocycles. The Balaban J connectivity index is 2.00. The quantitative estimate of drug-likeness (QED) is 0.804. The van der Waals surface area contributed by atoms with Crippen molar-refractivity contribution in [1.29, 1.82) is 0 Å². The Bertz CT molecular complexity index is 635. The highest BCUT2D eigenvalue weighted by molar-refractivity contribution is 6.31. The molecule has 1 aliphatic heterocycles. The van der Waals surface area contributed by atoms with Gasteiger partial charge in [-0.25, -0.2) is 9.97 Å². The predicted octanol–water partition coefficient (Wildman–Crippen LogP) is 3.68. The lowest BCUT2D eigenvalue weighted by molar-refractivity contribution is 0.0156. The molecular weight excluding hydrogens is 309 g/mol. The molecule has 0 spiro atoms. The Labute approximate surface area is 134 Å². The second-order valence-corrected chi connectivity index (χ2v) is 6.79. The SMILES string of the molecule is CC1(Cn2c(CCCl)nc3cc(Cl)cnc32)CCOCC1. The van der Waals surface area contributed by atoms with Gasteiger partial charge in [-0.3, -0.25) is 0 Å². The van der Waals surface area contributed by atoms with Gasteiger partial charge < -0.3 is 9.30 Å². The standard InChI is InChI=1S/C15H19Cl2N3O/c1-15(3-6-21-7-4-15)10-20-13(2-5-16)19-12-8-11(17)9-18-14(12)20/h8-9H,2-7,10H2,1H3. The lowest BCUT2D eigenvalue weighted by Gasteiger charge is -2.34. The first-order chi connectivity index (χ1) is 10.1. The number of imidazole rings is 1. The number of ether oxygens (including phenoxy) is 1. The molecule has 2 aromatic rings. The van der Waals surface area contributed by atoms with Gasteiger partial charge in [0.1, 0.15) is 11.3 Å². The molecule has 0 atom stereocenters. The molecule has 114 valence electrons. The summed E-state index contributed by atoms with van der Waals surface area (Å²) < 4.78 is 7.69. The van der Waals surface area contributed by atoms with Crippen molar-refractivity contribution in [1.82, 2.24) is 14.5 Å². The van der Waals surface area contributed by atoms with E-state index < -0.39 is 0 Å². The summed E-state index contributed by atoms with van der Waals surface area (Å²) in [6.07, 6.45) is 4.53. The molecule has 3 rings (SSSR count). The Morgan fingerprint density at radius 2 is 2.14 bits per heavy atom. The van der Waals surface area contributed by atoms with Crippen molar-refractivity contribution in [3.63, 3.8) is 0 Å². The van der Waals surface area contributed by atoms with Crippen molar-refractivity contribution >= 4 is 34.4 Å². The number of aryl methyl sites for hydroxylation is 1. The predicted molar refractivity (Wildman–Crippen MR) is 85.1 cm³/mol. The van der Waals surface area contributed by atoms with Crippen LogP contribution in [0, 0.1) is 5.41 Å². The van der Waals surface area contributed by atoms with Crippen molar-refractivity contribution in [3.05, 3.63) is 23.1 Å². The van der Waals surface area contributed by atoms with Gasteiger partial charge >= 0.3 is 0 Å². The molecule has 0 radical (unpaired) electrons. The summed E-state index contributed by atoms with van der Waals surface area (Å²) in [4.78, 5) is 9.13. The maximum atomic E-state index is 6.02. The van der Waals surface area contributed by atoms with E-state index >= 15 is 0 Å². The van der Waals surface area contributed by atoms with Gasteiger partial charge in [0, 0.05) is 38.3 Å². The number of hydrogen-bond donors (Lipinski definition) is 0. The second kappa shape index (κ2) is 6.11. The van der Waals surface area contributed by atoms with E-state index in [1.165, 1.54) is 0 Å². The van der Waals surface area contributed by atoms with E-state index in [0.717, 1.165) is 56.0 Å². The minimum atomic E-state index is 0.217. The van der Waals surface area contributed by atoms with Gasteiger partial charge in [0.05, 0.1) is 5.02 Å². The van der Waals surface area contributed by atoms with Gasteiger partial charge in [-0.2, -0.15) is 0 Å². The summed E-state index contributed by atoms with van der Waals surface area (Å²) in [5.41, 5.74) is 1.96. The van der Waals surface area contributed by atoms with Crippen LogP contribution in [0.2, 0.25) is 5.02 Å². The molecular formula is C15H19Cl2N3O. The number of rotatable bonds is 4. The fourth-order valence-electron chi connectivity index (χ4n) is 2.88. The first kappa shape index (κ1) is 15.1. The van der Waals surface area contributed by atoms with E-state index in [-0.39, 0.29) is 5.41 Å². The molecule has 2 aromatic heterocycles. The number of alkyl halides is 1. The number of pyridine rings is 1. The summed E-state index contributed by atoms with van der Waals surface area (Å²) in [7, 11) is 0. The third-order valence-corrected chi connectivity index (χ3v) is 4.58. The van der Waals surface area contributed by atoms with E-state index in [1.54, 1.807) is 6.20 Å². The van der Waals surface area contributed by atoms with E-state index in [2.05, 4.69) is 21.5 Å². The Morgan fingerprint density at radius 1 is 1.38 bits per heavy atom. The Hall–Kier alpha value is -0.840. The van der Waals surface area contributed by atoms with Crippen molar-refractivity contribution in [2.75, 3.05) is 19.1 Å². The molecule has 0 bridgehead atoms. The summed E-state index contributed by atoms with van der Waals surface area (Å²) >= 11 is 11.9. The van der Waals surface area contributed by atoms with Crippen LogP contribution in [-0.4, -0.2) is 33.6 Å². The largest absolute Gasteiger partial charge is 0.381 e. The van der Waals surface area contributed by atoms with E-state index in [1.807, 2.05) is 6.07 Å². The first-order valence-corrected chi connectivity index (χ1v) is 8.17. The van der Waals surface area contributed by atoms with Crippen LogP contribution in [0.15, 0.2) is 12.3 Å². The second-order valence-electron chi connectivity index (χ2n) is 5.97. The lowest BCUT2D eigenvalue weighted by Crippen LogP contribution is -2.31. The molecule has 21 heavy (non-hydrogen) atoms. The third kappa shape index (κ3) is 3.17. The Kier molecular flexibility index (Phi) is 4.38. The molecule has 1 saturated heterocycles. The molecule has 1 aliphatic rings. The first-order valence-electron chi connectivity index (χ1n) is 7.26. The van der Waals surface area contributed by atoms with E-state index in [9.17, 15) is 0 Å². The fraction of sp³-hybridized carbons (Fsp3) is 0.600. The highest BCUT2D eigenvalue weighted by Crippen LogP contribution is 2.33. The topological polar surface area (TPSA) is 39.9 Å². The van der Waals surface area contributed by atoms with Crippen molar-refractivity contribution < 1.29 is 4.74 Å². The molecule has 3 heterocycles. The molecule has 0 N–H and O–H groups in total. The van der Waals surface area contributed by atoms with Gasteiger partial charge in [-0.05, 0) is 24.3 Å². The maximum absolute atomic E-state index is 6.02. The van der Waals surface area contributed by atoms with Crippen LogP contribution in [0.4, 0.5) is 0 Å². The molecule has 0 aliphatic carbocycles. The van der Waals surface area contributed by atoms with Gasteiger partial charge in [-0.15, -0.1) is 11.6 Å². The number of aromatic nitrogens is 3. The molecule has 4 nitrogen and oxygen atoms in total. The minimum Gasteiger partial charge on any atom is -0.381 e. The summed E-state index contributed by atoms with van der Waals surface area (Å²) in [6, 6.07) is 1.87. The number of fused-ring (bicyclic) bond motifs is 1. The molecule has 0 unspecified atom stereocenters. The fourth-order valence-corrected chi connectivity index (χ4v) is 3.20. The van der Waals surface area contributed by atoms with Gasteiger partial charge in [0.25, 0.3) is 0 Å². The monoisotopic (exact) mass is 327 g/mol. The van der Waals surface area contributed by atoms with Crippen LogP contribution in [0.1, 0.15) is 25.6 Å². The highest BCUT2D eigenvalue weighted by atomic mass is 35.5. The zero-order chi connectivity index (χ0) is 14.9. The summed E-state index contributed by atoms with van der Waals surface area (Å²) in [6.45, 7) is 4.86. The van der Waals surface area contributed by atoms with Gasteiger partial charge in [0.2, 0.25) is 0 Å². The average molecular weight is 328 g/mol. The maximum Gasteiger partial charge on any atom is 0.160 e. The highest BCUT2D eigenvalue weighted by Gasteiger charge is 2.29. The average Bonchev–Trinajstić information content (AvgIpc) is 2.76. The van der Waals surface area contributed by atoms with Crippen LogP contribution in [-0.2, 0) is 17.7 Å². The lowest BCUT2D eigenvalue weighted by atomic mass is 9.82. The zero-order valence-electron chi connectivity index (χ0n) is 12.1. The van der Waals surface area contributed by atoms with E-state index in [0.29, 0.717) is 10.9 Å². The van der Waals surface area contributed by atoms with Crippen molar-refractivity contribution in [2.45, 2.75) is 32.7 Å². The summed E-state index contributed by atoms with van der Waals surface area (Å²) in [5.74, 6) is 1.54. The number of nitrogens with zero attached hydrogens (tertiary/aromatic N) is 3. The summed E-state index contributed by atoms with van der Waals surface area (Å²) in [5, 5.41) is 0.613. The van der Waals surface area contributed by atoms with Crippen LogP contribution in [0.3, 0.4) is 0 Å². The number of hydrogen-bond acceptors (Lipinski definition) is 3. The van der Waals surface area contributed by atoms with Crippen LogP contribution in [0.5, 0.6) is 0 Å². The van der Waals surface area contributed by atoms with Gasteiger partial charge in [0.15, 0.2) is 5.65 Å². The molecule has 0 aromatic carbocycles. The van der Waals surface area contributed by atoms with Crippen LogP contribution in [0.25, 0.3) is 11.2 Å². The molecule has 1 fully saturated rings. The van der Waals surface area contributed by atoms with E-state index in [4.69, 9.17) is 27.9 Å². The normalized spacial score (nSPS) is 18.2. The van der Waals surface area contributed by atoms with Crippen molar-refractivity contribution in [3.8, 4) is 0 Å². The van der Waals surface area contributed by atoms with Crippen LogP contribution < -0.4 is 0 Å². The van der Waals surface area contributed by atoms with Gasteiger partial charge in [-0.1, -0.05) is 18.5 Å².